The average molecular weight is 313 g/mol. The number of hydrogen-bond acceptors (Lipinski definition) is 4. The van der Waals surface area contributed by atoms with E-state index in [1.54, 1.807) is 19.1 Å². The van der Waals surface area contributed by atoms with Gasteiger partial charge >= 0.3 is 0 Å². The molecule has 0 saturated carbocycles. The van der Waals surface area contributed by atoms with Gasteiger partial charge < -0.3 is 9.73 Å². The Bertz CT molecular complexity index is 877. The molecule has 1 aromatic carbocycles. The number of hydrogen-bond donors (Lipinski definition) is 1. The van der Waals surface area contributed by atoms with Crippen molar-refractivity contribution in [3.8, 4) is 0 Å². The molecule has 2 heterocycles. The van der Waals surface area contributed by atoms with Crippen LogP contribution in [-0.4, -0.2) is 15.9 Å². The van der Waals surface area contributed by atoms with E-state index in [9.17, 15) is 9.18 Å². The Morgan fingerprint density at radius 1 is 1.22 bits per heavy atom. The highest BCUT2D eigenvalue weighted by Gasteiger charge is 2.14. The molecule has 0 saturated heterocycles. The van der Waals surface area contributed by atoms with Crippen molar-refractivity contribution in [1.82, 2.24) is 15.3 Å². The maximum Gasteiger partial charge on any atom is 0.252 e. The molecule has 2 aromatic heterocycles. The zero-order valence-electron chi connectivity index (χ0n) is 13.1. The Morgan fingerprint density at radius 2 is 2.00 bits per heavy atom. The van der Waals surface area contributed by atoms with Crippen LogP contribution in [0.2, 0.25) is 0 Å². The van der Waals surface area contributed by atoms with Crippen LogP contribution in [0.5, 0.6) is 0 Å². The van der Waals surface area contributed by atoms with E-state index in [-0.39, 0.29) is 18.3 Å². The Kier molecular flexibility index (Phi) is 3.82. The predicted molar refractivity (Wildman–Crippen MR) is 83.6 cm³/mol. The number of fused-ring (bicyclic) bond motifs is 1. The SMILES string of the molecule is Cc1cc(C(=O)NCc2nc(C)c(C)o2)c2ccc(F)cc2n1. The summed E-state index contributed by atoms with van der Waals surface area (Å²) >= 11 is 0. The zero-order chi connectivity index (χ0) is 16.6. The minimum Gasteiger partial charge on any atom is -0.444 e. The van der Waals surface area contributed by atoms with Crippen LogP contribution in [0.15, 0.2) is 28.7 Å². The van der Waals surface area contributed by atoms with E-state index < -0.39 is 0 Å². The second-order valence-corrected chi connectivity index (χ2v) is 5.40. The minimum atomic E-state index is -0.382. The molecule has 3 aromatic rings. The van der Waals surface area contributed by atoms with Crippen molar-refractivity contribution in [3.05, 3.63) is 58.7 Å². The molecule has 0 aliphatic heterocycles. The van der Waals surface area contributed by atoms with Crippen molar-refractivity contribution >= 4 is 16.8 Å². The van der Waals surface area contributed by atoms with Gasteiger partial charge in [0, 0.05) is 17.1 Å². The van der Waals surface area contributed by atoms with Crippen molar-refractivity contribution in [2.45, 2.75) is 27.3 Å². The highest BCUT2D eigenvalue weighted by atomic mass is 19.1. The molecule has 0 bridgehead atoms. The molecule has 0 unspecified atom stereocenters. The highest BCUT2D eigenvalue weighted by molar-refractivity contribution is 6.06. The number of aryl methyl sites for hydroxylation is 3. The smallest absolute Gasteiger partial charge is 0.252 e. The van der Waals surface area contributed by atoms with Gasteiger partial charge in [0.25, 0.3) is 5.91 Å². The van der Waals surface area contributed by atoms with Crippen molar-refractivity contribution in [2.75, 3.05) is 0 Å². The summed E-state index contributed by atoms with van der Waals surface area (Å²) in [5.41, 5.74) is 2.36. The summed E-state index contributed by atoms with van der Waals surface area (Å²) in [5.74, 6) is 0.526. The van der Waals surface area contributed by atoms with E-state index in [0.29, 0.717) is 28.1 Å². The van der Waals surface area contributed by atoms with Gasteiger partial charge in [-0.15, -0.1) is 0 Å². The lowest BCUT2D eigenvalue weighted by Gasteiger charge is -2.08. The highest BCUT2D eigenvalue weighted by Crippen LogP contribution is 2.19. The molecule has 0 aliphatic carbocycles. The molecule has 0 aliphatic rings. The Hall–Kier alpha value is -2.76. The van der Waals surface area contributed by atoms with Crippen LogP contribution >= 0.6 is 0 Å². The number of rotatable bonds is 3. The number of nitrogens with one attached hydrogen (secondary N) is 1. The lowest BCUT2D eigenvalue weighted by molar-refractivity contribution is 0.0948. The monoisotopic (exact) mass is 313 g/mol. The Balaban J connectivity index is 1.88. The number of carbonyl (C=O) groups excluding carboxylic acids is 1. The molecule has 1 N–H and O–H groups in total. The van der Waals surface area contributed by atoms with Gasteiger partial charge in [0.1, 0.15) is 11.6 Å². The van der Waals surface area contributed by atoms with E-state index >= 15 is 0 Å². The first kappa shape index (κ1) is 15.1. The molecule has 0 spiro atoms. The topological polar surface area (TPSA) is 68.0 Å². The second-order valence-electron chi connectivity index (χ2n) is 5.40. The molecule has 6 heteroatoms. The normalized spacial score (nSPS) is 11.0. The Labute approximate surface area is 132 Å². The maximum absolute atomic E-state index is 13.3. The number of aromatic nitrogens is 2. The molecule has 0 atom stereocenters. The zero-order valence-corrected chi connectivity index (χ0v) is 13.1. The van der Waals surface area contributed by atoms with E-state index in [4.69, 9.17) is 4.42 Å². The molecular weight excluding hydrogens is 297 g/mol. The molecular formula is C17H16FN3O2. The number of nitrogens with zero attached hydrogens (tertiary/aromatic N) is 2. The number of carbonyl (C=O) groups is 1. The van der Waals surface area contributed by atoms with Crippen LogP contribution in [0.1, 0.15) is 33.4 Å². The van der Waals surface area contributed by atoms with E-state index in [2.05, 4.69) is 15.3 Å². The number of amides is 1. The van der Waals surface area contributed by atoms with Gasteiger partial charge in [0.2, 0.25) is 5.89 Å². The summed E-state index contributed by atoms with van der Waals surface area (Å²) in [4.78, 5) is 20.9. The van der Waals surface area contributed by atoms with Gasteiger partial charge in [-0.3, -0.25) is 9.78 Å². The van der Waals surface area contributed by atoms with Gasteiger partial charge in [-0.05, 0) is 39.0 Å². The lowest BCUT2D eigenvalue weighted by Crippen LogP contribution is -2.23. The lowest BCUT2D eigenvalue weighted by atomic mass is 10.1. The first-order chi connectivity index (χ1) is 10.9. The molecule has 3 rings (SSSR count). The van der Waals surface area contributed by atoms with Gasteiger partial charge in [0.05, 0.1) is 23.3 Å². The average Bonchev–Trinajstić information content (AvgIpc) is 2.82. The maximum atomic E-state index is 13.3. The fourth-order valence-corrected chi connectivity index (χ4v) is 2.39. The molecule has 0 fully saturated rings. The van der Waals surface area contributed by atoms with E-state index in [0.717, 1.165) is 11.5 Å². The number of benzene rings is 1. The van der Waals surface area contributed by atoms with E-state index in [1.165, 1.54) is 12.1 Å². The number of oxazole rings is 1. The van der Waals surface area contributed by atoms with Crippen LogP contribution in [0.3, 0.4) is 0 Å². The fourth-order valence-electron chi connectivity index (χ4n) is 2.39. The standard InChI is InChI=1S/C17H16FN3O2/c1-9-6-14(13-5-4-12(18)7-15(13)20-9)17(22)19-8-16-21-10(2)11(3)23-16/h4-7H,8H2,1-3H3,(H,19,22). The van der Waals surface area contributed by atoms with Gasteiger partial charge in [-0.2, -0.15) is 0 Å². The number of pyridine rings is 1. The van der Waals surface area contributed by atoms with Crippen LogP contribution in [-0.2, 0) is 6.54 Å². The van der Waals surface area contributed by atoms with Crippen molar-refractivity contribution in [3.63, 3.8) is 0 Å². The summed E-state index contributed by atoms with van der Waals surface area (Å²) in [6.45, 7) is 5.62. The third-order valence-corrected chi connectivity index (χ3v) is 3.62. The fraction of sp³-hybridized carbons (Fsp3) is 0.235. The van der Waals surface area contributed by atoms with Crippen LogP contribution in [0.4, 0.5) is 4.39 Å². The summed E-state index contributed by atoms with van der Waals surface area (Å²) in [7, 11) is 0. The third-order valence-electron chi connectivity index (χ3n) is 3.62. The van der Waals surface area contributed by atoms with Crippen LogP contribution in [0, 0.1) is 26.6 Å². The molecule has 0 radical (unpaired) electrons. The van der Waals surface area contributed by atoms with Gasteiger partial charge in [-0.25, -0.2) is 9.37 Å². The quantitative estimate of drug-likeness (QED) is 0.806. The summed E-state index contributed by atoms with van der Waals surface area (Å²) in [6.07, 6.45) is 0. The summed E-state index contributed by atoms with van der Waals surface area (Å²) in [6, 6.07) is 5.88. The third kappa shape index (κ3) is 3.06. The van der Waals surface area contributed by atoms with Crippen molar-refractivity contribution in [2.24, 2.45) is 0 Å². The molecule has 5 nitrogen and oxygen atoms in total. The first-order valence-corrected chi connectivity index (χ1v) is 7.22. The summed E-state index contributed by atoms with van der Waals surface area (Å²) in [5, 5.41) is 3.38. The largest absolute Gasteiger partial charge is 0.444 e. The van der Waals surface area contributed by atoms with E-state index in [1.807, 2.05) is 13.8 Å². The summed E-state index contributed by atoms with van der Waals surface area (Å²) < 4.78 is 18.8. The minimum absolute atomic E-state index is 0.192. The van der Waals surface area contributed by atoms with Crippen molar-refractivity contribution in [1.29, 1.82) is 0 Å². The number of halogens is 1. The second kappa shape index (κ2) is 5.79. The van der Waals surface area contributed by atoms with Crippen LogP contribution in [0.25, 0.3) is 10.9 Å². The van der Waals surface area contributed by atoms with Gasteiger partial charge in [-0.1, -0.05) is 0 Å². The van der Waals surface area contributed by atoms with Crippen LogP contribution < -0.4 is 5.32 Å². The predicted octanol–water partition coefficient (Wildman–Crippen LogP) is 3.22. The molecule has 1 amide bonds. The van der Waals surface area contributed by atoms with Gasteiger partial charge in [0.15, 0.2) is 0 Å². The molecule has 23 heavy (non-hydrogen) atoms. The van der Waals surface area contributed by atoms with Crippen molar-refractivity contribution < 1.29 is 13.6 Å². The molecule has 118 valence electrons. The Morgan fingerprint density at radius 3 is 2.70 bits per heavy atom. The first-order valence-electron chi connectivity index (χ1n) is 7.22.